The molecule has 2 aromatic rings. The van der Waals surface area contributed by atoms with E-state index in [0.29, 0.717) is 12.5 Å². The van der Waals surface area contributed by atoms with Crippen LogP contribution in [0.25, 0.3) is 5.32 Å². The number of rotatable bonds is 4. The fourth-order valence-electron chi connectivity index (χ4n) is 1.12. The van der Waals surface area contributed by atoms with E-state index in [1.165, 1.54) is 0 Å². The van der Waals surface area contributed by atoms with Gasteiger partial charge in [0.2, 0.25) is 0 Å². The number of hydrogen-bond donors (Lipinski definition) is 1. The van der Waals surface area contributed by atoms with Crippen molar-refractivity contribution in [2.45, 2.75) is 6.54 Å². The molecular formula is C9H10N5O-. The normalized spacial score (nSPS) is 9.93. The maximum Gasteiger partial charge on any atom is 0.118 e. The molecule has 0 aliphatic carbocycles. The maximum atomic E-state index is 5.05. The number of hydrogen-bond acceptors (Lipinski definition) is 4. The monoisotopic (exact) mass is 204 g/mol. The van der Waals surface area contributed by atoms with E-state index < -0.39 is 0 Å². The van der Waals surface area contributed by atoms with E-state index >= 15 is 0 Å². The standard InChI is InChI=1S/C9H10N5O/c1-15-8-4-2-7(3-5-8)6-10-9-11-13-14-12-9/h2-5H,6H2,1H3,(H-,10,11,12,13,14)/q-1. The summed E-state index contributed by atoms with van der Waals surface area (Å²) in [5.41, 5.74) is 1.07. The Morgan fingerprint density at radius 2 is 2.13 bits per heavy atom. The van der Waals surface area contributed by atoms with E-state index in [4.69, 9.17) is 4.74 Å². The Morgan fingerprint density at radius 3 is 2.73 bits per heavy atom. The van der Waals surface area contributed by atoms with Gasteiger partial charge in [-0.2, -0.15) is 0 Å². The number of nitrogens with one attached hydrogen (secondary N) is 1. The highest BCUT2D eigenvalue weighted by atomic mass is 16.5. The lowest BCUT2D eigenvalue weighted by molar-refractivity contribution is 0.414. The number of tetrazole rings is 1. The van der Waals surface area contributed by atoms with Crippen LogP contribution in [-0.4, -0.2) is 27.7 Å². The SMILES string of the molecule is COc1ccc(C[N-]c2nn[nH]n2)cc1. The molecule has 1 aromatic carbocycles. The molecule has 2 rings (SSSR count). The van der Waals surface area contributed by atoms with Gasteiger partial charge in [-0.05, 0) is 17.7 Å². The van der Waals surface area contributed by atoms with Gasteiger partial charge in [0.05, 0.1) is 13.1 Å². The first-order valence-corrected chi connectivity index (χ1v) is 4.42. The minimum absolute atomic E-state index is 0.366. The quantitative estimate of drug-likeness (QED) is 0.816. The summed E-state index contributed by atoms with van der Waals surface area (Å²) in [6.07, 6.45) is 0. The average Bonchev–Trinajstić information content (AvgIpc) is 2.80. The van der Waals surface area contributed by atoms with Crippen molar-refractivity contribution in [1.29, 1.82) is 0 Å². The molecule has 0 saturated carbocycles. The first-order chi connectivity index (χ1) is 7.38. The first kappa shape index (κ1) is 9.45. The second kappa shape index (κ2) is 4.41. The summed E-state index contributed by atoms with van der Waals surface area (Å²) in [5, 5.41) is 17.3. The Labute approximate surface area is 86.7 Å². The van der Waals surface area contributed by atoms with Gasteiger partial charge in [0.25, 0.3) is 0 Å². The Balaban J connectivity index is 1.93. The molecule has 6 nitrogen and oxygen atoms in total. The minimum Gasteiger partial charge on any atom is -0.497 e. The molecule has 15 heavy (non-hydrogen) atoms. The van der Waals surface area contributed by atoms with Crippen LogP contribution in [-0.2, 0) is 6.54 Å². The molecular weight excluding hydrogens is 194 g/mol. The van der Waals surface area contributed by atoms with Crippen molar-refractivity contribution in [3.63, 3.8) is 0 Å². The van der Waals surface area contributed by atoms with E-state index in [0.717, 1.165) is 11.3 Å². The third kappa shape index (κ3) is 2.43. The minimum atomic E-state index is 0.366. The van der Waals surface area contributed by atoms with Crippen LogP contribution in [0, 0.1) is 0 Å². The Bertz CT molecular complexity index is 397. The molecule has 78 valence electrons. The van der Waals surface area contributed by atoms with Gasteiger partial charge >= 0.3 is 0 Å². The summed E-state index contributed by atoms with van der Waals surface area (Å²) >= 11 is 0. The van der Waals surface area contributed by atoms with Gasteiger partial charge in [0.15, 0.2) is 0 Å². The summed E-state index contributed by atoms with van der Waals surface area (Å²) in [7, 11) is 1.64. The van der Waals surface area contributed by atoms with Crippen LogP contribution in [0.4, 0.5) is 5.95 Å². The molecule has 0 saturated heterocycles. The second-order valence-corrected chi connectivity index (χ2v) is 2.88. The highest BCUT2D eigenvalue weighted by Crippen LogP contribution is 2.16. The zero-order valence-electron chi connectivity index (χ0n) is 8.21. The molecule has 0 fully saturated rings. The summed E-state index contributed by atoms with van der Waals surface area (Å²) in [6.45, 7) is 0.531. The number of aromatic nitrogens is 4. The summed E-state index contributed by atoms with van der Waals surface area (Å²) < 4.78 is 5.05. The molecule has 0 unspecified atom stereocenters. The number of H-pyrrole nitrogens is 1. The largest absolute Gasteiger partial charge is 0.497 e. The third-order valence-corrected chi connectivity index (χ3v) is 1.90. The van der Waals surface area contributed by atoms with Gasteiger partial charge in [-0.1, -0.05) is 12.1 Å². The van der Waals surface area contributed by atoms with E-state index in [2.05, 4.69) is 25.9 Å². The fraction of sp³-hybridized carbons (Fsp3) is 0.222. The van der Waals surface area contributed by atoms with Crippen molar-refractivity contribution in [3.8, 4) is 5.75 Å². The van der Waals surface area contributed by atoms with Gasteiger partial charge in [-0.15, -0.1) is 5.21 Å². The van der Waals surface area contributed by atoms with Crippen LogP contribution in [0.15, 0.2) is 24.3 Å². The molecule has 0 atom stereocenters. The Kier molecular flexibility index (Phi) is 2.77. The lowest BCUT2D eigenvalue weighted by Crippen LogP contribution is -1.85. The van der Waals surface area contributed by atoms with Crippen LogP contribution in [0.5, 0.6) is 5.75 Å². The molecule has 0 amide bonds. The zero-order valence-corrected chi connectivity index (χ0v) is 8.21. The lowest BCUT2D eigenvalue weighted by Gasteiger charge is -2.07. The predicted molar refractivity (Wildman–Crippen MR) is 53.9 cm³/mol. The highest BCUT2D eigenvalue weighted by molar-refractivity contribution is 5.33. The lowest BCUT2D eigenvalue weighted by atomic mass is 10.2. The van der Waals surface area contributed by atoms with Crippen molar-refractivity contribution < 1.29 is 4.74 Å². The molecule has 0 spiro atoms. The van der Waals surface area contributed by atoms with Crippen LogP contribution in [0.2, 0.25) is 0 Å². The molecule has 6 heteroatoms. The van der Waals surface area contributed by atoms with Gasteiger partial charge in [0.1, 0.15) is 5.75 Å². The first-order valence-electron chi connectivity index (χ1n) is 4.42. The van der Waals surface area contributed by atoms with Crippen molar-refractivity contribution in [1.82, 2.24) is 20.6 Å². The summed E-state index contributed by atoms with van der Waals surface area (Å²) in [5.74, 6) is 1.20. The van der Waals surface area contributed by atoms with E-state index in [1.807, 2.05) is 24.3 Å². The third-order valence-electron chi connectivity index (χ3n) is 1.90. The van der Waals surface area contributed by atoms with E-state index in [1.54, 1.807) is 7.11 Å². The fourth-order valence-corrected chi connectivity index (χ4v) is 1.12. The number of benzene rings is 1. The van der Waals surface area contributed by atoms with E-state index in [-0.39, 0.29) is 0 Å². The van der Waals surface area contributed by atoms with Crippen LogP contribution >= 0.6 is 0 Å². The molecule has 1 N–H and O–H groups in total. The number of methoxy groups -OCH3 is 1. The smallest absolute Gasteiger partial charge is 0.118 e. The Morgan fingerprint density at radius 1 is 1.33 bits per heavy atom. The molecule has 0 bridgehead atoms. The van der Waals surface area contributed by atoms with Crippen molar-refractivity contribution >= 4 is 5.95 Å². The van der Waals surface area contributed by atoms with Gasteiger partial charge in [-0.3, -0.25) is 15.4 Å². The summed E-state index contributed by atoms with van der Waals surface area (Å²) in [6, 6.07) is 7.67. The molecule has 0 aliphatic rings. The van der Waals surface area contributed by atoms with Crippen LogP contribution in [0.1, 0.15) is 5.56 Å². The predicted octanol–water partition coefficient (Wildman–Crippen LogP) is 1.41. The van der Waals surface area contributed by atoms with Crippen molar-refractivity contribution in [2.75, 3.05) is 7.11 Å². The van der Waals surface area contributed by atoms with Gasteiger partial charge in [-0.25, -0.2) is 0 Å². The molecule has 0 radical (unpaired) electrons. The van der Waals surface area contributed by atoms with Crippen molar-refractivity contribution in [2.24, 2.45) is 0 Å². The zero-order chi connectivity index (χ0) is 10.5. The maximum absolute atomic E-state index is 5.05. The Hall–Kier alpha value is -2.11. The number of nitrogens with zero attached hydrogens (tertiary/aromatic N) is 4. The van der Waals surface area contributed by atoms with E-state index in [9.17, 15) is 0 Å². The molecule has 0 aliphatic heterocycles. The molecule has 1 aromatic heterocycles. The highest BCUT2D eigenvalue weighted by Gasteiger charge is 1.92. The number of aromatic amines is 1. The van der Waals surface area contributed by atoms with Crippen LogP contribution in [0.3, 0.4) is 0 Å². The van der Waals surface area contributed by atoms with Crippen molar-refractivity contribution in [3.05, 3.63) is 35.1 Å². The second-order valence-electron chi connectivity index (χ2n) is 2.88. The summed E-state index contributed by atoms with van der Waals surface area (Å²) in [4.78, 5) is 0. The van der Waals surface area contributed by atoms with Gasteiger partial charge in [0, 0.05) is 6.54 Å². The molecule has 1 heterocycles. The van der Waals surface area contributed by atoms with Gasteiger partial charge < -0.3 is 10.1 Å². The number of ether oxygens (including phenoxy) is 1. The van der Waals surface area contributed by atoms with Crippen LogP contribution < -0.4 is 4.74 Å². The average molecular weight is 204 g/mol. The topological polar surface area (TPSA) is 77.8 Å².